The lowest BCUT2D eigenvalue weighted by Crippen LogP contribution is -2.14. The first-order valence-corrected chi connectivity index (χ1v) is 6.19. The molecule has 17 heavy (non-hydrogen) atoms. The van der Waals surface area contributed by atoms with Crippen LogP contribution in [0.1, 0.15) is 25.3 Å². The first kappa shape index (κ1) is 10.5. The molecule has 2 aromatic rings. The van der Waals surface area contributed by atoms with E-state index in [1.165, 1.54) is 16.3 Å². The van der Waals surface area contributed by atoms with Crippen molar-refractivity contribution < 1.29 is 4.79 Å². The molecule has 0 spiro atoms. The molecule has 1 aliphatic carbocycles. The van der Waals surface area contributed by atoms with Gasteiger partial charge in [-0.2, -0.15) is 0 Å². The zero-order valence-corrected chi connectivity index (χ0v) is 10.1. The van der Waals surface area contributed by atoms with Gasteiger partial charge in [-0.05, 0) is 29.2 Å². The molecule has 2 aromatic carbocycles. The Bertz CT molecular complexity index is 574. The first-order valence-electron chi connectivity index (χ1n) is 6.19. The lowest BCUT2D eigenvalue weighted by molar-refractivity contribution is -0.122. The minimum Gasteiger partial charge on any atom is -0.299 e. The number of fused-ring (bicyclic) bond motifs is 1. The van der Waals surface area contributed by atoms with Crippen LogP contribution in [0.5, 0.6) is 0 Å². The van der Waals surface area contributed by atoms with Crippen molar-refractivity contribution in [1.29, 1.82) is 0 Å². The Morgan fingerprint density at radius 3 is 2.59 bits per heavy atom. The van der Waals surface area contributed by atoms with Crippen molar-refractivity contribution in [3.63, 3.8) is 0 Å². The maximum absolute atomic E-state index is 12.1. The summed E-state index contributed by atoms with van der Waals surface area (Å²) in [6.07, 6.45) is 2.71. The molecule has 0 aromatic heterocycles. The summed E-state index contributed by atoms with van der Waals surface area (Å²) in [7, 11) is 0. The summed E-state index contributed by atoms with van der Waals surface area (Å²) in [5.74, 6) is 0.397. The summed E-state index contributed by atoms with van der Waals surface area (Å²) in [5.41, 5.74) is 1.15. The lowest BCUT2D eigenvalue weighted by atomic mass is 9.94. The van der Waals surface area contributed by atoms with Gasteiger partial charge in [0.1, 0.15) is 5.78 Å². The molecule has 3 rings (SSSR count). The molecule has 1 nitrogen and oxygen atoms in total. The van der Waals surface area contributed by atoms with Crippen molar-refractivity contribution in [2.24, 2.45) is 5.41 Å². The Labute approximate surface area is 101 Å². The van der Waals surface area contributed by atoms with E-state index < -0.39 is 0 Å². The highest BCUT2D eigenvalue weighted by atomic mass is 16.1. The van der Waals surface area contributed by atoms with E-state index in [1.807, 2.05) is 18.2 Å². The van der Waals surface area contributed by atoms with Gasteiger partial charge in [-0.15, -0.1) is 0 Å². The fourth-order valence-electron chi connectivity index (χ4n) is 2.30. The van der Waals surface area contributed by atoms with Crippen molar-refractivity contribution in [3.05, 3.63) is 48.0 Å². The fraction of sp³-hybridized carbons (Fsp3) is 0.312. The standard InChI is InChI=1S/C16H16O/c1-16(9-10-16)15(17)11-13-7-4-6-12-5-2-3-8-14(12)13/h2-8H,9-11H2,1H3. The third-order valence-electron chi connectivity index (χ3n) is 3.90. The van der Waals surface area contributed by atoms with Crippen LogP contribution in [0, 0.1) is 5.41 Å². The van der Waals surface area contributed by atoms with E-state index in [-0.39, 0.29) is 5.41 Å². The Balaban J connectivity index is 1.97. The van der Waals surface area contributed by atoms with Gasteiger partial charge in [-0.1, -0.05) is 49.4 Å². The van der Waals surface area contributed by atoms with E-state index in [4.69, 9.17) is 0 Å². The van der Waals surface area contributed by atoms with Crippen LogP contribution < -0.4 is 0 Å². The average Bonchev–Trinajstić information content (AvgIpc) is 3.09. The minimum absolute atomic E-state index is 0.0169. The highest BCUT2D eigenvalue weighted by Gasteiger charge is 2.43. The Kier molecular flexibility index (Phi) is 2.29. The van der Waals surface area contributed by atoms with Crippen LogP contribution in [-0.2, 0) is 11.2 Å². The number of carbonyl (C=O) groups is 1. The van der Waals surface area contributed by atoms with Crippen molar-refractivity contribution in [3.8, 4) is 0 Å². The van der Waals surface area contributed by atoms with E-state index in [0.717, 1.165) is 12.8 Å². The molecule has 0 atom stereocenters. The Morgan fingerprint density at radius 1 is 1.12 bits per heavy atom. The topological polar surface area (TPSA) is 17.1 Å². The largest absolute Gasteiger partial charge is 0.299 e. The molecule has 0 aliphatic heterocycles. The van der Waals surface area contributed by atoms with Gasteiger partial charge in [0.15, 0.2) is 0 Å². The summed E-state index contributed by atoms with van der Waals surface area (Å²) in [4.78, 5) is 12.1. The summed E-state index contributed by atoms with van der Waals surface area (Å²) in [6.45, 7) is 2.08. The Morgan fingerprint density at radius 2 is 1.82 bits per heavy atom. The second-order valence-electron chi connectivity index (χ2n) is 5.30. The first-order chi connectivity index (χ1) is 8.19. The molecule has 0 heterocycles. The molecule has 1 heteroatoms. The number of carbonyl (C=O) groups excluding carboxylic acids is 1. The van der Waals surface area contributed by atoms with Crippen LogP contribution in [-0.4, -0.2) is 5.78 Å². The van der Waals surface area contributed by atoms with Gasteiger partial charge in [-0.3, -0.25) is 4.79 Å². The smallest absolute Gasteiger partial charge is 0.143 e. The maximum Gasteiger partial charge on any atom is 0.143 e. The zero-order valence-electron chi connectivity index (χ0n) is 10.1. The van der Waals surface area contributed by atoms with Crippen molar-refractivity contribution in [2.45, 2.75) is 26.2 Å². The number of hydrogen-bond donors (Lipinski definition) is 0. The highest BCUT2D eigenvalue weighted by Crippen LogP contribution is 2.46. The second-order valence-corrected chi connectivity index (χ2v) is 5.30. The summed E-state index contributed by atoms with van der Waals surface area (Å²) in [6, 6.07) is 14.5. The third kappa shape index (κ3) is 1.86. The van der Waals surface area contributed by atoms with Crippen LogP contribution in [0.25, 0.3) is 10.8 Å². The van der Waals surface area contributed by atoms with Crippen molar-refractivity contribution in [2.75, 3.05) is 0 Å². The van der Waals surface area contributed by atoms with Gasteiger partial charge in [0.05, 0.1) is 0 Å². The van der Waals surface area contributed by atoms with Crippen LogP contribution in [0.4, 0.5) is 0 Å². The number of ketones is 1. The van der Waals surface area contributed by atoms with E-state index in [0.29, 0.717) is 12.2 Å². The maximum atomic E-state index is 12.1. The summed E-state index contributed by atoms with van der Waals surface area (Å²) < 4.78 is 0. The predicted octanol–water partition coefficient (Wildman–Crippen LogP) is 3.75. The number of hydrogen-bond acceptors (Lipinski definition) is 1. The molecule has 0 N–H and O–H groups in total. The van der Waals surface area contributed by atoms with Gasteiger partial charge in [0.25, 0.3) is 0 Å². The molecule has 1 saturated carbocycles. The van der Waals surface area contributed by atoms with Gasteiger partial charge in [0.2, 0.25) is 0 Å². The quantitative estimate of drug-likeness (QED) is 0.776. The Hall–Kier alpha value is -1.63. The zero-order chi connectivity index (χ0) is 11.9. The van der Waals surface area contributed by atoms with Crippen LogP contribution in [0.15, 0.2) is 42.5 Å². The molecule has 0 amide bonds. The van der Waals surface area contributed by atoms with Gasteiger partial charge >= 0.3 is 0 Å². The normalized spacial score (nSPS) is 17.0. The molecule has 0 saturated heterocycles. The highest BCUT2D eigenvalue weighted by molar-refractivity contribution is 5.94. The summed E-state index contributed by atoms with van der Waals surface area (Å²) >= 11 is 0. The van der Waals surface area contributed by atoms with Crippen LogP contribution in [0.2, 0.25) is 0 Å². The van der Waals surface area contributed by atoms with Gasteiger partial charge in [0, 0.05) is 11.8 Å². The SMILES string of the molecule is CC1(C(=O)Cc2cccc3ccccc23)CC1. The number of Topliss-reactive ketones (excluding diaryl/α,β-unsaturated/α-hetero) is 1. The van der Waals surface area contributed by atoms with E-state index in [2.05, 4.69) is 31.2 Å². The van der Waals surface area contributed by atoms with E-state index in [1.54, 1.807) is 0 Å². The molecular weight excluding hydrogens is 208 g/mol. The fourth-order valence-corrected chi connectivity index (χ4v) is 2.30. The average molecular weight is 224 g/mol. The van der Waals surface area contributed by atoms with E-state index >= 15 is 0 Å². The molecule has 86 valence electrons. The summed E-state index contributed by atoms with van der Waals surface area (Å²) in [5, 5.41) is 2.44. The predicted molar refractivity (Wildman–Crippen MR) is 70.0 cm³/mol. The number of benzene rings is 2. The minimum atomic E-state index is -0.0169. The van der Waals surface area contributed by atoms with Crippen LogP contribution >= 0.6 is 0 Å². The lowest BCUT2D eigenvalue weighted by Gasteiger charge is -2.09. The number of rotatable bonds is 3. The molecule has 0 bridgehead atoms. The molecular formula is C16H16O. The molecule has 0 radical (unpaired) electrons. The molecule has 1 fully saturated rings. The monoisotopic (exact) mass is 224 g/mol. The van der Waals surface area contributed by atoms with Gasteiger partial charge in [-0.25, -0.2) is 0 Å². The van der Waals surface area contributed by atoms with E-state index in [9.17, 15) is 4.79 Å². The van der Waals surface area contributed by atoms with Crippen LogP contribution in [0.3, 0.4) is 0 Å². The van der Waals surface area contributed by atoms with Crippen molar-refractivity contribution >= 4 is 16.6 Å². The molecule has 0 unspecified atom stereocenters. The van der Waals surface area contributed by atoms with Gasteiger partial charge < -0.3 is 0 Å². The molecule has 1 aliphatic rings. The van der Waals surface area contributed by atoms with Crippen molar-refractivity contribution in [1.82, 2.24) is 0 Å². The third-order valence-corrected chi connectivity index (χ3v) is 3.90. The second kappa shape index (κ2) is 3.69.